The van der Waals surface area contributed by atoms with E-state index >= 15 is 0 Å². The summed E-state index contributed by atoms with van der Waals surface area (Å²) in [7, 11) is 0. The average molecular weight is 221 g/mol. The van der Waals surface area contributed by atoms with Crippen LogP contribution in [0.4, 0.5) is 0 Å². The Balaban J connectivity index is 3.84. The van der Waals surface area contributed by atoms with Gasteiger partial charge >= 0.3 is 0 Å². The van der Waals surface area contributed by atoms with Crippen molar-refractivity contribution < 1.29 is 0 Å². The Kier molecular flexibility index (Phi) is 8.42. The highest BCUT2D eigenvalue weighted by Gasteiger charge is 2.22. The molecule has 3 heteroatoms. The second kappa shape index (κ2) is 8.01. The van der Waals surface area contributed by atoms with Crippen molar-refractivity contribution in [2.45, 2.75) is 44.8 Å². The van der Waals surface area contributed by atoms with Crippen LogP contribution in [-0.4, -0.2) is 22.9 Å². The second-order valence-corrected chi connectivity index (χ2v) is 5.91. The molecule has 1 nitrogen and oxygen atoms in total. The highest BCUT2D eigenvalue weighted by atomic mass is 32.2. The SMILES string of the molecule is CCCCC(C)(CNCC)SCS. The molecule has 0 aliphatic carbocycles. The Morgan fingerprint density at radius 3 is 2.54 bits per heavy atom. The van der Waals surface area contributed by atoms with Gasteiger partial charge in [0, 0.05) is 16.4 Å². The Labute approximate surface area is 92.9 Å². The quantitative estimate of drug-likeness (QED) is 0.482. The predicted molar refractivity (Wildman–Crippen MR) is 67.9 cm³/mol. The number of unbranched alkanes of at least 4 members (excludes halogenated alkanes) is 1. The topological polar surface area (TPSA) is 12.0 Å². The predicted octanol–water partition coefficient (Wildman–Crippen LogP) is 3.17. The molecular weight excluding hydrogens is 198 g/mol. The molecule has 0 saturated carbocycles. The van der Waals surface area contributed by atoms with Gasteiger partial charge in [0.05, 0.1) is 0 Å². The van der Waals surface area contributed by atoms with E-state index in [2.05, 4.69) is 38.7 Å². The lowest BCUT2D eigenvalue weighted by atomic mass is 10.0. The van der Waals surface area contributed by atoms with Crippen LogP contribution in [0, 0.1) is 0 Å². The summed E-state index contributed by atoms with van der Waals surface area (Å²) in [6.45, 7) is 8.92. The molecule has 0 rings (SSSR count). The van der Waals surface area contributed by atoms with Gasteiger partial charge < -0.3 is 5.32 Å². The van der Waals surface area contributed by atoms with Gasteiger partial charge in [0.15, 0.2) is 0 Å². The van der Waals surface area contributed by atoms with Gasteiger partial charge in [0.25, 0.3) is 0 Å². The summed E-state index contributed by atoms with van der Waals surface area (Å²) < 4.78 is 0.383. The first-order chi connectivity index (χ1) is 6.18. The van der Waals surface area contributed by atoms with Gasteiger partial charge in [-0.25, -0.2) is 0 Å². The molecule has 1 N–H and O–H groups in total. The maximum absolute atomic E-state index is 4.29. The van der Waals surface area contributed by atoms with Crippen molar-refractivity contribution in [1.82, 2.24) is 5.32 Å². The molecular formula is C10H23NS2. The van der Waals surface area contributed by atoms with Crippen LogP contribution in [0.1, 0.15) is 40.0 Å². The number of hydrogen-bond donors (Lipinski definition) is 2. The van der Waals surface area contributed by atoms with E-state index in [-0.39, 0.29) is 0 Å². The van der Waals surface area contributed by atoms with Crippen molar-refractivity contribution in [3.8, 4) is 0 Å². The first-order valence-corrected chi connectivity index (χ1v) is 6.76. The van der Waals surface area contributed by atoms with Crippen LogP contribution in [0.25, 0.3) is 0 Å². The van der Waals surface area contributed by atoms with Crippen LogP contribution in [0.2, 0.25) is 0 Å². The molecule has 0 radical (unpaired) electrons. The summed E-state index contributed by atoms with van der Waals surface area (Å²) in [6, 6.07) is 0. The molecule has 0 aliphatic rings. The van der Waals surface area contributed by atoms with E-state index in [1.165, 1.54) is 19.3 Å². The molecule has 1 unspecified atom stereocenters. The molecule has 0 aromatic heterocycles. The third-order valence-corrected chi connectivity index (χ3v) is 3.78. The lowest BCUT2D eigenvalue weighted by Gasteiger charge is -2.28. The van der Waals surface area contributed by atoms with Crippen molar-refractivity contribution in [2.75, 3.05) is 18.2 Å². The van der Waals surface area contributed by atoms with E-state index in [4.69, 9.17) is 0 Å². The molecule has 0 amide bonds. The Bertz CT molecular complexity index is 109. The molecule has 0 aromatic rings. The minimum absolute atomic E-state index is 0.383. The summed E-state index contributed by atoms with van der Waals surface area (Å²) in [6.07, 6.45) is 3.90. The highest BCUT2D eigenvalue weighted by Crippen LogP contribution is 2.30. The first-order valence-electron chi connectivity index (χ1n) is 5.14. The lowest BCUT2D eigenvalue weighted by molar-refractivity contribution is 0.512. The lowest BCUT2D eigenvalue weighted by Crippen LogP contribution is -2.35. The van der Waals surface area contributed by atoms with E-state index in [0.29, 0.717) is 4.75 Å². The molecule has 80 valence electrons. The second-order valence-electron chi connectivity index (χ2n) is 3.61. The molecule has 0 aromatic carbocycles. The zero-order chi connectivity index (χ0) is 10.2. The van der Waals surface area contributed by atoms with Gasteiger partial charge in [-0.3, -0.25) is 0 Å². The molecule has 0 heterocycles. The number of nitrogens with one attached hydrogen (secondary N) is 1. The molecule has 0 aliphatic heterocycles. The summed E-state index contributed by atoms with van der Waals surface area (Å²) in [5.74, 6) is 0. The van der Waals surface area contributed by atoms with Crippen molar-refractivity contribution in [1.29, 1.82) is 0 Å². The van der Waals surface area contributed by atoms with Gasteiger partial charge in [0.2, 0.25) is 0 Å². The summed E-state index contributed by atoms with van der Waals surface area (Å²) in [5, 5.41) is 4.35. The molecule has 0 saturated heterocycles. The van der Waals surface area contributed by atoms with Gasteiger partial charge in [-0.05, 0) is 19.9 Å². The number of rotatable bonds is 8. The normalized spacial score (nSPS) is 15.7. The fourth-order valence-corrected chi connectivity index (χ4v) is 3.05. The average Bonchev–Trinajstić information content (AvgIpc) is 2.12. The van der Waals surface area contributed by atoms with Gasteiger partial charge in [-0.15, -0.1) is 11.8 Å². The van der Waals surface area contributed by atoms with Crippen LogP contribution in [-0.2, 0) is 0 Å². The third kappa shape index (κ3) is 6.69. The van der Waals surface area contributed by atoms with Gasteiger partial charge in [0.1, 0.15) is 0 Å². The van der Waals surface area contributed by atoms with Crippen molar-refractivity contribution in [2.24, 2.45) is 0 Å². The fraction of sp³-hybridized carbons (Fsp3) is 1.00. The zero-order valence-electron chi connectivity index (χ0n) is 9.10. The standard InChI is InChI=1S/C10H23NS2/c1-4-6-7-10(3,13-9-12)8-11-5-2/h11-12H,4-9H2,1-3H3. The molecule has 13 heavy (non-hydrogen) atoms. The monoisotopic (exact) mass is 221 g/mol. The highest BCUT2D eigenvalue weighted by molar-refractivity contribution is 8.10. The summed E-state index contributed by atoms with van der Waals surface area (Å²) in [4.78, 5) is 0. The Hall–Kier alpha value is 0.660. The van der Waals surface area contributed by atoms with Crippen molar-refractivity contribution in [3.63, 3.8) is 0 Å². The summed E-state index contributed by atoms with van der Waals surface area (Å²) in [5.41, 5.74) is 0. The number of thiol groups is 1. The van der Waals surface area contributed by atoms with E-state index < -0.39 is 0 Å². The van der Waals surface area contributed by atoms with Crippen molar-refractivity contribution in [3.05, 3.63) is 0 Å². The molecule has 1 atom stereocenters. The van der Waals surface area contributed by atoms with Crippen LogP contribution < -0.4 is 5.32 Å². The Morgan fingerprint density at radius 2 is 2.08 bits per heavy atom. The minimum Gasteiger partial charge on any atom is -0.316 e. The molecule has 0 fully saturated rings. The maximum Gasteiger partial charge on any atom is 0.0367 e. The number of hydrogen-bond acceptors (Lipinski definition) is 3. The summed E-state index contributed by atoms with van der Waals surface area (Å²) >= 11 is 6.25. The first kappa shape index (κ1) is 13.7. The van der Waals surface area contributed by atoms with E-state index in [1.54, 1.807) is 0 Å². The van der Waals surface area contributed by atoms with E-state index in [9.17, 15) is 0 Å². The van der Waals surface area contributed by atoms with Crippen LogP contribution in [0.15, 0.2) is 0 Å². The van der Waals surface area contributed by atoms with E-state index in [1.807, 2.05) is 11.8 Å². The molecule has 0 spiro atoms. The van der Waals surface area contributed by atoms with Crippen molar-refractivity contribution >= 4 is 24.4 Å². The fourth-order valence-electron chi connectivity index (χ4n) is 1.31. The zero-order valence-corrected chi connectivity index (χ0v) is 10.8. The van der Waals surface area contributed by atoms with Gasteiger partial charge in [-0.2, -0.15) is 12.6 Å². The van der Waals surface area contributed by atoms with Gasteiger partial charge in [-0.1, -0.05) is 26.7 Å². The largest absolute Gasteiger partial charge is 0.316 e. The third-order valence-electron chi connectivity index (χ3n) is 2.22. The van der Waals surface area contributed by atoms with Crippen LogP contribution in [0.3, 0.4) is 0 Å². The van der Waals surface area contributed by atoms with E-state index in [0.717, 1.165) is 18.2 Å². The molecule has 0 bridgehead atoms. The van der Waals surface area contributed by atoms with Crippen LogP contribution >= 0.6 is 24.4 Å². The smallest absolute Gasteiger partial charge is 0.0367 e. The Morgan fingerprint density at radius 1 is 1.38 bits per heavy atom. The maximum atomic E-state index is 4.29. The van der Waals surface area contributed by atoms with Crippen LogP contribution in [0.5, 0.6) is 0 Å². The minimum atomic E-state index is 0.383. The number of thioether (sulfide) groups is 1.